The first-order valence-corrected chi connectivity index (χ1v) is 8.01. The molecule has 0 bridgehead atoms. The molecule has 0 aliphatic carbocycles. The molecule has 1 N–H and O–H groups in total. The van der Waals surface area contributed by atoms with Crippen molar-refractivity contribution in [1.82, 2.24) is 10.2 Å². The molecular weight excluding hydrogens is 284 g/mol. The summed E-state index contributed by atoms with van der Waals surface area (Å²) in [6.45, 7) is 12.0. The van der Waals surface area contributed by atoms with E-state index in [0.717, 1.165) is 36.0 Å². The van der Waals surface area contributed by atoms with Crippen molar-refractivity contribution < 1.29 is 4.74 Å². The molecule has 1 atom stereocenters. The quantitative estimate of drug-likeness (QED) is 0.920. The summed E-state index contributed by atoms with van der Waals surface area (Å²) in [5, 5.41) is 4.41. The number of hydrogen-bond acceptors (Lipinski definition) is 3. The van der Waals surface area contributed by atoms with Gasteiger partial charge >= 0.3 is 0 Å². The van der Waals surface area contributed by atoms with Gasteiger partial charge in [0, 0.05) is 41.8 Å². The molecule has 0 radical (unpaired) electrons. The van der Waals surface area contributed by atoms with Crippen molar-refractivity contribution in [1.29, 1.82) is 0 Å². The molecule has 0 spiro atoms. The van der Waals surface area contributed by atoms with E-state index < -0.39 is 0 Å². The standard InChI is InChI=1S/C17H27ClN2O/c1-12(2)15-9-19-17(3,4)11-20(15)10-13-8-14(18)6-7-16(13)21-5/h6-8,12,15,19H,9-11H2,1-5H3. The number of halogens is 1. The molecule has 1 fully saturated rings. The Hall–Kier alpha value is -0.770. The average Bonchev–Trinajstić information content (AvgIpc) is 2.37. The van der Waals surface area contributed by atoms with Gasteiger partial charge in [0.15, 0.2) is 0 Å². The highest BCUT2D eigenvalue weighted by Gasteiger charge is 2.34. The van der Waals surface area contributed by atoms with Crippen LogP contribution in [0.25, 0.3) is 0 Å². The van der Waals surface area contributed by atoms with Crippen molar-refractivity contribution >= 4 is 11.6 Å². The maximum Gasteiger partial charge on any atom is 0.123 e. The van der Waals surface area contributed by atoms with E-state index >= 15 is 0 Å². The predicted molar refractivity (Wildman–Crippen MR) is 89.1 cm³/mol. The van der Waals surface area contributed by atoms with E-state index in [9.17, 15) is 0 Å². The van der Waals surface area contributed by atoms with Crippen LogP contribution in [0.2, 0.25) is 5.02 Å². The summed E-state index contributed by atoms with van der Waals surface area (Å²) in [6, 6.07) is 6.38. The van der Waals surface area contributed by atoms with Crippen LogP contribution < -0.4 is 10.1 Å². The molecule has 0 aromatic heterocycles. The van der Waals surface area contributed by atoms with Gasteiger partial charge in [0.25, 0.3) is 0 Å². The Morgan fingerprint density at radius 3 is 2.76 bits per heavy atom. The molecule has 1 aromatic rings. The first-order chi connectivity index (χ1) is 9.82. The highest BCUT2D eigenvalue weighted by molar-refractivity contribution is 6.30. The van der Waals surface area contributed by atoms with Crippen molar-refractivity contribution in [3.05, 3.63) is 28.8 Å². The molecule has 21 heavy (non-hydrogen) atoms. The van der Waals surface area contributed by atoms with Crippen LogP contribution in [0, 0.1) is 5.92 Å². The molecule has 4 heteroatoms. The van der Waals surface area contributed by atoms with Crippen LogP contribution in [0.1, 0.15) is 33.3 Å². The van der Waals surface area contributed by atoms with E-state index in [4.69, 9.17) is 16.3 Å². The van der Waals surface area contributed by atoms with Crippen LogP contribution in [-0.2, 0) is 6.54 Å². The van der Waals surface area contributed by atoms with Crippen molar-refractivity contribution in [3.8, 4) is 5.75 Å². The van der Waals surface area contributed by atoms with Gasteiger partial charge in [0.2, 0.25) is 0 Å². The number of ether oxygens (including phenoxy) is 1. The topological polar surface area (TPSA) is 24.5 Å². The second-order valence-corrected chi connectivity index (χ2v) is 7.37. The highest BCUT2D eigenvalue weighted by Crippen LogP contribution is 2.28. The normalized spacial score (nSPS) is 22.5. The van der Waals surface area contributed by atoms with Crippen molar-refractivity contribution in [2.75, 3.05) is 20.2 Å². The number of rotatable bonds is 4. The molecule has 1 unspecified atom stereocenters. The van der Waals surface area contributed by atoms with E-state index in [2.05, 4.69) is 37.9 Å². The fraction of sp³-hybridized carbons (Fsp3) is 0.647. The fourth-order valence-corrected chi connectivity index (χ4v) is 3.31. The molecule has 1 aromatic carbocycles. The molecule has 118 valence electrons. The Morgan fingerprint density at radius 1 is 1.43 bits per heavy atom. The summed E-state index contributed by atoms with van der Waals surface area (Å²) >= 11 is 6.16. The van der Waals surface area contributed by atoms with Gasteiger partial charge in [-0.3, -0.25) is 4.90 Å². The molecule has 1 aliphatic heterocycles. The lowest BCUT2D eigenvalue weighted by Crippen LogP contribution is -2.62. The minimum Gasteiger partial charge on any atom is -0.496 e. The summed E-state index contributed by atoms with van der Waals surface area (Å²) in [7, 11) is 1.72. The van der Waals surface area contributed by atoms with E-state index in [0.29, 0.717) is 12.0 Å². The SMILES string of the molecule is COc1ccc(Cl)cc1CN1CC(C)(C)NCC1C(C)C. The second kappa shape index (κ2) is 6.55. The van der Waals surface area contributed by atoms with Gasteiger partial charge in [-0.2, -0.15) is 0 Å². The largest absolute Gasteiger partial charge is 0.496 e. The number of nitrogens with zero attached hydrogens (tertiary/aromatic N) is 1. The van der Waals surface area contributed by atoms with E-state index in [1.54, 1.807) is 7.11 Å². The summed E-state index contributed by atoms with van der Waals surface area (Å²) in [4.78, 5) is 2.55. The average molecular weight is 311 g/mol. The minimum absolute atomic E-state index is 0.136. The van der Waals surface area contributed by atoms with Gasteiger partial charge in [-0.1, -0.05) is 25.4 Å². The van der Waals surface area contributed by atoms with Crippen molar-refractivity contribution in [2.45, 2.75) is 45.8 Å². The zero-order valence-corrected chi connectivity index (χ0v) is 14.5. The number of hydrogen-bond donors (Lipinski definition) is 1. The fourth-order valence-electron chi connectivity index (χ4n) is 3.11. The van der Waals surface area contributed by atoms with Crippen LogP contribution in [-0.4, -0.2) is 36.7 Å². The summed E-state index contributed by atoms with van der Waals surface area (Å²) in [5.74, 6) is 1.53. The lowest BCUT2D eigenvalue weighted by atomic mass is 9.92. The summed E-state index contributed by atoms with van der Waals surface area (Å²) < 4.78 is 5.49. The summed E-state index contributed by atoms with van der Waals surface area (Å²) in [5.41, 5.74) is 1.30. The first kappa shape index (κ1) is 16.6. The van der Waals surface area contributed by atoms with Gasteiger partial charge in [0.1, 0.15) is 5.75 Å². The number of piperazine rings is 1. The molecule has 1 aliphatic rings. The van der Waals surface area contributed by atoms with Gasteiger partial charge in [-0.05, 0) is 38.0 Å². The van der Waals surface area contributed by atoms with Crippen LogP contribution in [0.3, 0.4) is 0 Å². The molecular formula is C17H27ClN2O. The third-order valence-electron chi connectivity index (χ3n) is 4.24. The second-order valence-electron chi connectivity index (χ2n) is 6.94. The first-order valence-electron chi connectivity index (χ1n) is 7.64. The third kappa shape index (κ3) is 4.12. The lowest BCUT2D eigenvalue weighted by Gasteiger charge is -2.46. The van der Waals surface area contributed by atoms with Crippen LogP contribution in [0.4, 0.5) is 0 Å². The Balaban J connectivity index is 2.23. The summed E-state index contributed by atoms with van der Waals surface area (Å²) in [6.07, 6.45) is 0. The Kier molecular flexibility index (Phi) is 5.18. The van der Waals surface area contributed by atoms with Gasteiger partial charge in [-0.15, -0.1) is 0 Å². The van der Waals surface area contributed by atoms with Crippen molar-refractivity contribution in [3.63, 3.8) is 0 Å². The molecule has 3 nitrogen and oxygen atoms in total. The Morgan fingerprint density at radius 2 is 2.14 bits per heavy atom. The smallest absolute Gasteiger partial charge is 0.123 e. The Bertz CT molecular complexity index is 488. The maximum absolute atomic E-state index is 6.16. The molecule has 0 amide bonds. The number of methoxy groups -OCH3 is 1. The third-order valence-corrected chi connectivity index (χ3v) is 4.48. The minimum atomic E-state index is 0.136. The zero-order valence-electron chi connectivity index (χ0n) is 13.7. The molecule has 1 saturated heterocycles. The predicted octanol–water partition coefficient (Wildman–Crippen LogP) is 3.56. The van der Waals surface area contributed by atoms with Crippen molar-refractivity contribution in [2.24, 2.45) is 5.92 Å². The lowest BCUT2D eigenvalue weighted by molar-refractivity contribution is 0.0621. The maximum atomic E-state index is 6.16. The number of nitrogens with one attached hydrogen (secondary N) is 1. The zero-order chi connectivity index (χ0) is 15.6. The molecule has 0 saturated carbocycles. The van der Waals surface area contributed by atoms with E-state index in [1.165, 1.54) is 0 Å². The molecule has 2 rings (SSSR count). The van der Waals surface area contributed by atoms with Gasteiger partial charge in [-0.25, -0.2) is 0 Å². The monoisotopic (exact) mass is 310 g/mol. The number of benzene rings is 1. The van der Waals surface area contributed by atoms with E-state index in [-0.39, 0.29) is 5.54 Å². The molecule has 1 heterocycles. The van der Waals surface area contributed by atoms with Gasteiger partial charge < -0.3 is 10.1 Å². The van der Waals surface area contributed by atoms with E-state index in [1.807, 2.05) is 18.2 Å². The highest BCUT2D eigenvalue weighted by atomic mass is 35.5. The van der Waals surface area contributed by atoms with Crippen LogP contribution in [0.15, 0.2) is 18.2 Å². The Labute approximate surface area is 133 Å². The van der Waals surface area contributed by atoms with Crippen LogP contribution in [0.5, 0.6) is 5.75 Å². The van der Waals surface area contributed by atoms with Crippen LogP contribution >= 0.6 is 11.6 Å². The van der Waals surface area contributed by atoms with Gasteiger partial charge in [0.05, 0.1) is 7.11 Å².